The molecule has 0 aromatic rings. The first-order valence-corrected chi connectivity index (χ1v) is 15.3. The monoisotopic (exact) mass is 527 g/mol. The Bertz CT molecular complexity index is 938. The van der Waals surface area contributed by atoms with Gasteiger partial charge in [0, 0.05) is 29.5 Å². The Morgan fingerprint density at radius 3 is 2.51 bits per heavy atom. The minimum absolute atomic E-state index is 0.193. The highest BCUT2D eigenvalue weighted by atomic mass is 32.2. The number of allylic oxidation sites excluding steroid dienone is 3. The Balaban J connectivity index is 1.21. The van der Waals surface area contributed by atoms with Gasteiger partial charge in [0.2, 0.25) is 17.7 Å². The van der Waals surface area contributed by atoms with E-state index in [0.717, 1.165) is 47.0 Å². The van der Waals surface area contributed by atoms with Crippen LogP contribution in [0, 0.1) is 17.8 Å². The molecule has 2 aliphatic heterocycles. The summed E-state index contributed by atoms with van der Waals surface area (Å²) in [4.78, 5) is 39.5. The van der Waals surface area contributed by atoms with E-state index in [1.807, 2.05) is 24.8 Å². The number of unbranched alkanes of at least 4 members (excludes halogenated alkanes) is 2. The highest BCUT2D eigenvalue weighted by Crippen LogP contribution is 2.46. The number of thioether (sulfide) groups is 1. The summed E-state index contributed by atoms with van der Waals surface area (Å²) in [7, 11) is 0. The van der Waals surface area contributed by atoms with Gasteiger partial charge in [-0.05, 0) is 107 Å². The van der Waals surface area contributed by atoms with Crippen molar-refractivity contribution in [3.05, 3.63) is 34.8 Å². The molecule has 0 aromatic carbocycles. The molecule has 4 rings (SSSR count). The van der Waals surface area contributed by atoms with Crippen molar-refractivity contribution in [1.29, 1.82) is 0 Å². The molecule has 7 heteroatoms. The molecule has 2 bridgehead atoms. The van der Waals surface area contributed by atoms with Gasteiger partial charge in [-0.25, -0.2) is 0 Å². The molecule has 3 amide bonds. The van der Waals surface area contributed by atoms with E-state index < -0.39 is 6.04 Å². The minimum atomic E-state index is -0.601. The Morgan fingerprint density at radius 1 is 1.05 bits per heavy atom. The number of nitrogens with one attached hydrogen (secondary N) is 2. The fourth-order valence-corrected chi connectivity index (χ4v) is 8.11. The summed E-state index contributed by atoms with van der Waals surface area (Å²) in [6, 6.07) is -0.601. The maximum atomic E-state index is 12.8. The molecule has 4 aliphatic rings. The van der Waals surface area contributed by atoms with Gasteiger partial charge in [0.15, 0.2) is 0 Å². The molecule has 2 saturated carbocycles. The number of carbonyl (C=O) groups excluding carboxylic acids is 3. The van der Waals surface area contributed by atoms with Crippen LogP contribution >= 0.6 is 11.8 Å². The molecule has 3 atom stereocenters. The van der Waals surface area contributed by atoms with Crippen molar-refractivity contribution in [2.75, 3.05) is 18.8 Å². The predicted octanol–water partition coefficient (Wildman–Crippen LogP) is 5.12. The maximum absolute atomic E-state index is 12.8. The van der Waals surface area contributed by atoms with Gasteiger partial charge in [-0.3, -0.25) is 19.7 Å². The fraction of sp³-hybridized carbons (Fsp3) is 0.700. The number of imide groups is 1. The van der Waals surface area contributed by atoms with Crippen LogP contribution in [0.25, 0.3) is 0 Å². The van der Waals surface area contributed by atoms with Crippen LogP contribution in [-0.2, 0) is 14.4 Å². The van der Waals surface area contributed by atoms with E-state index in [1.54, 1.807) is 11.0 Å². The number of nitrogens with zero attached hydrogens (tertiary/aromatic N) is 1. The van der Waals surface area contributed by atoms with E-state index in [9.17, 15) is 14.4 Å². The van der Waals surface area contributed by atoms with Gasteiger partial charge in [0.25, 0.3) is 0 Å². The van der Waals surface area contributed by atoms with E-state index in [-0.39, 0.29) is 24.1 Å². The van der Waals surface area contributed by atoms with Crippen molar-refractivity contribution >= 4 is 29.5 Å². The van der Waals surface area contributed by atoms with E-state index in [2.05, 4.69) is 30.6 Å². The third-order valence-corrected chi connectivity index (χ3v) is 9.83. The summed E-state index contributed by atoms with van der Waals surface area (Å²) in [5.41, 5.74) is 1.40. The number of rotatable bonds is 9. The lowest BCUT2D eigenvalue weighted by atomic mass is 9.62. The van der Waals surface area contributed by atoms with E-state index in [0.29, 0.717) is 18.5 Å². The maximum Gasteiger partial charge on any atom is 0.249 e. The van der Waals surface area contributed by atoms with Gasteiger partial charge in [0.1, 0.15) is 6.04 Å². The van der Waals surface area contributed by atoms with Crippen LogP contribution in [0.4, 0.5) is 0 Å². The van der Waals surface area contributed by atoms with Crippen LogP contribution in [0.5, 0.6) is 0 Å². The average Bonchev–Trinajstić information content (AvgIpc) is 2.88. The first-order chi connectivity index (χ1) is 17.7. The van der Waals surface area contributed by atoms with Crippen molar-refractivity contribution in [3.8, 4) is 0 Å². The zero-order chi connectivity index (χ0) is 26.4. The van der Waals surface area contributed by atoms with Gasteiger partial charge in [0.05, 0.1) is 0 Å². The van der Waals surface area contributed by atoms with E-state index in [4.69, 9.17) is 0 Å². The average molecular weight is 528 g/mol. The van der Waals surface area contributed by atoms with Gasteiger partial charge >= 0.3 is 0 Å². The zero-order valence-electron chi connectivity index (χ0n) is 22.9. The highest BCUT2D eigenvalue weighted by Gasteiger charge is 2.40. The van der Waals surface area contributed by atoms with Crippen LogP contribution in [0.15, 0.2) is 34.8 Å². The molecule has 0 spiro atoms. The molecule has 204 valence electrons. The second kappa shape index (κ2) is 12.8. The first-order valence-electron chi connectivity index (χ1n) is 14.3. The number of carbonyl (C=O) groups is 3. The van der Waals surface area contributed by atoms with Crippen LogP contribution in [-0.4, -0.2) is 53.0 Å². The molecule has 6 nitrogen and oxygen atoms in total. The quantitative estimate of drug-likeness (QED) is 0.322. The van der Waals surface area contributed by atoms with Crippen molar-refractivity contribution < 1.29 is 14.4 Å². The highest BCUT2D eigenvalue weighted by molar-refractivity contribution is 8.03. The molecule has 1 saturated heterocycles. The zero-order valence-corrected chi connectivity index (χ0v) is 23.7. The SMILES string of the molecule is C\C1=C(SCCCCCNC2(C)CC3CC(C)CC(C3)C2)/C=C\C=C\C(=O)N(C2CCC(=O)NC2=O)C1. The van der Waals surface area contributed by atoms with Gasteiger partial charge < -0.3 is 10.2 Å². The molecule has 3 unspecified atom stereocenters. The van der Waals surface area contributed by atoms with Gasteiger partial charge in [-0.2, -0.15) is 0 Å². The molecule has 37 heavy (non-hydrogen) atoms. The topological polar surface area (TPSA) is 78.5 Å². The summed E-state index contributed by atoms with van der Waals surface area (Å²) in [6.07, 6.45) is 18.4. The summed E-state index contributed by atoms with van der Waals surface area (Å²) in [5.74, 6) is 2.96. The van der Waals surface area contributed by atoms with Crippen LogP contribution < -0.4 is 10.6 Å². The third-order valence-electron chi connectivity index (χ3n) is 8.54. The molecule has 3 fully saturated rings. The second-order valence-corrected chi connectivity index (χ2v) is 13.3. The second-order valence-electron chi connectivity index (χ2n) is 12.1. The number of hydrogen-bond donors (Lipinski definition) is 2. The van der Waals surface area contributed by atoms with Gasteiger partial charge in [-0.15, -0.1) is 11.8 Å². The van der Waals surface area contributed by atoms with Crippen molar-refractivity contribution in [1.82, 2.24) is 15.5 Å². The standard InChI is InChI=1S/C30H45N3O3S/c1-21-15-23-17-24(16-21)19-30(3,18-23)31-13-7-4-8-14-37-26-9-5-6-10-28(35)33(20-22(26)2)25-11-12-27(34)32-29(25)36/h5-6,9-10,21,23-25,31H,4,7-8,11-20H2,1-3H3,(H,32,34,36)/b9-5-,10-6+,26-22-. The summed E-state index contributed by atoms with van der Waals surface area (Å²) in [6.45, 7) is 8.42. The molecular formula is C30H45N3O3S. The van der Waals surface area contributed by atoms with Crippen molar-refractivity contribution in [2.24, 2.45) is 17.8 Å². The molecule has 2 heterocycles. The summed E-state index contributed by atoms with van der Waals surface area (Å²) in [5, 5.41) is 6.31. The number of piperidine rings is 1. The smallest absolute Gasteiger partial charge is 0.249 e. The van der Waals surface area contributed by atoms with Crippen LogP contribution in [0.2, 0.25) is 0 Å². The molecule has 2 N–H and O–H groups in total. The Morgan fingerprint density at radius 2 is 1.78 bits per heavy atom. The predicted molar refractivity (Wildman–Crippen MR) is 151 cm³/mol. The molecule has 0 aromatic heterocycles. The van der Waals surface area contributed by atoms with Crippen LogP contribution in [0.3, 0.4) is 0 Å². The van der Waals surface area contributed by atoms with Crippen molar-refractivity contribution in [2.45, 2.75) is 96.6 Å². The van der Waals surface area contributed by atoms with Crippen molar-refractivity contribution in [3.63, 3.8) is 0 Å². The van der Waals surface area contributed by atoms with Gasteiger partial charge in [-0.1, -0.05) is 25.5 Å². The lowest BCUT2D eigenvalue weighted by Crippen LogP contribution is -2.54. The lowest BCUT2D eigenvalue weighted by molar-refractivity contribution is -0.143. The summed E-state index contributed by atoms with van der Waals surface area (Å²) >= 11 is 1.83. The lowest BCUT2D eigenvalue weighted by Gasteiger charge is -2.47. The third kappa shape index (κ3) is 7.82. The number of fused-ring (bicyclic) bond motifs is 2. The van der Waals surface area contributed by atoms with E-state index >= 15 is 0 Å². The molecular weight excluding hydrogens is 482 g/mol. The Kier molecular flexibility index (Phi) is 9.73. The van der Waals surface area contributed by atoms with Crippen LogP contribution in [0.1, 0.15) is 85.0 Å². The number of hydrogen-bond acceptors (Lipinski definition) is 5. The molecule has 0 radical (unpaired) electrons. The Labute approximate surface area is 227 Å². The van der Waals surface area contributed by atoms with E-state index in [1.165, 1.54) is 51.0 Å². The summed E-state index contributed by atoms with van der Waals surface area (Å²) < 4.78 is 0. The normalized spacial score (nSPS) is 36.4. The first kappa shape index (κ1) is 28.2. The number of amides is 3. The minimum Gasteiger partial charge on any atom is -0.323 e. The fourth-order valence-electron chi connectivity index (χ4n) is 7.05. The molecule has 2 aliphatic carbocycles. The largest absolute Gasteiger partial charge is 0.323 e. The Hall–Kier alpha value is -1.86.